The van der Waals surface area contributed by atoms with E-state index in [1.165, 1.54) is 0 Å². The zero-order chi connectivity index (χ0) is 17.2. The monoisotopic (exact) mass is 325 g/mol. The van der Waals surface area contributed by atoms with Crippen LogP contribution in [0.15, 0.2) is 48.5 Å². The molecule has 0 aromatic heterocycles. The number of carbonyl (C=O) groups excluding carboxylic acids is 1. The average Bonchev–Trinajstić information content (AvgIpc) is 2.61. The summed E-state index contributed by atoms with van der Waals surface area (Å²) in [7, 11) is 3.89. The molecule has 0 N–H and O–H groups in total. The second-order valence-corrected chi connectivity index (χ2v) is 6.52. The number of hydrogen-bond acceptors (Lipinski definition) is 4. The van der Waals surface area contributed by atoms with E-state index in [9.17, 15) is 4.79 Å². The molecule has 126 valence electrons. The Kier molecular flexibility index (Phi) is 4.58. The van der Waals surface area contributed by atoms with Gasteiger partial charge in [0.25, 0.3) is 0 Å². The number of rotatable bonds is 5. The third kappa shape index (κ3) is 3.15. The van der Waals surface area contributed by atoms with E-state index in [4.69, 9.17) is 9.47 Å². The van der Waals surface area contributed by atoms with Gasteiger partial charge in [-0.1, -0.05) is 30.3 Å². The molecule has 0 spiro atoms. The first-order valence-corrected chi connectivity index (χ1v) is 8.16. The highest BCUT2D eigenvalue weighted by molar-refractivity contribution is 6.03. The van der Waals surface area contributed by atoms with Crippen LogP contribution in [-0.4, -0.2) is 43.5 Å². The van der Waals surface area contributed by atoms with Gasteiger partial charge >= 0.3 is 0 Å². The summed E-state index contributed by atoms with van der Waals surface area (Å²) in [5.74, 6) is 1.42. The highest BCUT2D eigenvalue weighted by atomic mass is 16.6. The van der Waals surface area contributed by atoms with Crippen molar-refractivity contribution in [3.05, 3.63) is 59.7 Å². The van der Waals surface area contributed by atoms with Gasteiger partial charge < -0.3 is 9.47 Å². The van der Waals surface area contributed by atoms with Crippen molar-refractivity contribution in [2.45, 2.75) is 18.9 Å². The Morgan fingerprint density at radius 1 is 1.04 bits per heavy atom. The van der Waals surface area contributed by atoms with Gasteiger partial charge in [0, 0.05) is 5.56 Å². The first-order chi connectivity index (χ1) is 11.5. The van der Waals surface area contributed by atoms with E-state index in [0.717, 1.165) is 5.56 Å². The number of carbonyl (C=O) groups is 1. The zero-order valence-electron chi connectivity index (χ0n) is 14.4. The second kappa shape index (κ2) is 6.65. The Morgan fingerprint density at radius 3 is 2.38 bits per heavy atom. The number of ketones is 1. The van der Waals surface area contributed by atoms with Gasteiger partial charge in [-0.2, -0.15) is 0 Å². The summed E-state index contributed by atoms with van der Waals surface area (Å²) in [5, 5.41) is 0. The largest absolute Gasteiger partial charge is 0.486 e. The lowest BCUT2D eigenvalue weighted by Gasteiger charge is -2.35. The summed E-state index contributed by atoms with van der Waals surface area (Å²) in [4.78, 5) is 15.2. The second-order valence-electron chi connectivity index (χ2n) is 6.52. The van der Waals surface area contributed by atoms with Crippen molar-refractivity contribution in [1.29, 1.82) is 0 Å². The van der Waals surface area contributed by atoms with Gasteiger partial charge in [-0.05, 0) is 51.2 Å². The predicted octanol–water partition coefficient (Wildman–Crippen LogP) is 3.20. The first-order valence-electron chi connectivity index (χ1n) is 8.16. The highest BCUT2D eigenvalue weighted by Crippen LogP contribution is 2.33. The molecule has 1 aliphatic heterocycles. The lowest BCUT2D eigenvalue weighted by Crippen LogP contribution is -2.50. The van der Waals surface area contributed by atoms with Crippen LogP contribution >= 0.6 is 0 Å². The van der Waals surface area contributed by atoms with Crippen LogP contribution in [0, 0.1) is 0 Å². The Hall–Kier alpha value is -2.33. The summed E-state index contributed by atoms with van der Waals surface area (Å²) < 4.78 is 11.2. The van der Waals surface area contributed by atoms with E-state index in [1.807, 2.05) is 56.3 Å². The van der Waals surface area contributed by atoms with E-state index >= 15 is 0 Å². The number of benzene rings is 2. The van der Waals surface area contributed by atoms with Crippen molar-refractivity contribution >= 4 is 5.78 Å². The SMILES string of the molecule is CN(C)C(C)(Cc1ccccc1)C(=O)c1ccc2c(c1)OCCO2. The molecule has 4 nitrogen and oxygen atoms in total. The van der Waals surface area contributed by atoms with Crippen LogP contribution in [0.4, 0.5) is 0 Å². The molecule has 1 unspecified atom stereocenters. The number of nitrogens with zero attached hydrogens (tertiary/aromatic N) is 1. The number of fused-ring (bicyclic) bond motifs is 1. The minimum Gasteiger partial charge on any atom is -0.486 e. The van der Waals surface area contributed by atoms with Gasteiger partial charge in [-0.3, -0.25) is 9.69 Å². The number of ether oxygens (including phenoxy) is 2. The normalized spacial score (nSPS) is 15.8. The molecule has 0 saturated carbocycles. The molecule has 2 aromatic rings. The van der Waals surface area contributed by atoms with Crippen LogP contribution in [0.3, 0.4) is 0 Å². The van der Waals surface area contributed by atoms with Crippen LogP contribution in [-0.2, 0) is 6.42 Å². The number of likely N-dealkylation sites (N-methyl/N-ethyl adjacent to an activating group) is 1. The fourth-order valence-electron chi connectivity index (χ4n) is 2.93. The molecular formula is C20H23NO3. The predicted molar refractivity (Wildman–Crippen MR) is 94.0 cm³/mol. The molecule has 0 bridgehead atoms. The van der Waals surface area contributed by atoms with Crippen molar-refractivity contribution in [1.82, 2.24) is 4.90 Å². The minimum absolute atomic E-state index is 0.0772. The Morgan fingerprint density at radius 2 is 1.71 bits per heavy atom. The molecule has 1 aliphatic rings. The molecule has 4 heteroatoms. The maximum atomic E-state index is 13.3. The fourth-order valence-corrected chi connectivity index (χ4v) is 2.93. The lowest BCUT2D eigenvalue weighted by atomic mass is 9.84. The van der Waals surface area contributed by atoms with Gasteiger partial charge in [-0.25, -0.2) is 0 Å². The highest BCUT2D eigenvalue weighted by Gasteiger charge is 2.36. The van der Waals surface area contributed by atoms with Crippen molar-refractivity contribution in [2.75, 3.05) is 27.3 Å². The Balaban J connectivity index is 1.92. The molecule has 0 radical (unpaired) electrons. The Bertz CT molecular complexity index is 727. The van der Waals surface area contributed by atoms with Gasteiger partial charge in [-0.15, -0.1) is 0 Å². The fraction of sp³-hybridized carbons (Fsp3) is 0.350. The van der Waals surface area contributed by atoms with E-state index < -0.39 is 5.54 Å². The van der Waals surface area contributed by atoms with Crippen molar-refractivity contribution in [2.24, 2.45) is 0 Å². The molecular weight excluding hydrogens is 302 g/mol. The minimum atomic E-state index is -0.634. The average molecular weight is 325 g/mol. The summed E-state index contributed by atoms with van der Waals surface area (Å²) in [6, 6.07) is 15.5. The third-order valence-corrected chi connectivity index (χ3v) is 4.67. The summed E-state index contributed by atoms with van der Waals surface area (Å²) in [6.45, 7) is 3.04. The van der Waals surface area contributed by atoms with E-state index in [2.05, 4.69) is 12.1 Å². The quantitative estimate of drug-likeness (QED) is 0.791. The maximum absolute atomic E-state index is 13.3. The number of Topliss-reactive ketones (excluding diaryl/α,β-unsaturated/α-hetero) is 1. The summed E-state index contributed by atoms with van der Waals surface area (Å²) in [5.41, 5.74) is 1.15. The van der Waals surface area contributed by atoms with E-state index in [0.29, 0.717) is 36.7 Å². The standard InChI is InChI=1S/C20H23NO3/c1-20(21(2)3,14-15-7-5-4-6-8-15)19(22)16-9-10-17-18(13-16)24-12-11-23-17/h4-10,13H,11-12,14H2,1-3H3. The van der Waals surface area contributed by atoms with Crippen LogP contribution in [0.25, 0.3) is 0 Å². The van der Waals surface area contributed by atoms with Gasteiger partial charge in [0.05, 0.1) is 5.54 Å². The molecule has 1 heterocycles. The van der Waals surface area contributed by atoms with Gasteiger partial charge in [0.15, 0.2) is 17.3 Å². The smallest absolute Gasteiger partial charge is 0.183 e. The van der Waals surface area contributed by atoms with Crippen molar-refractivity contribution in [3.63, 3.8) is 0 Å². The van der Waals surface area contributed by atoms with E-state index in [1.54, 1.807) is 6.07 Å². The molecule has 2 aromatic carbocycles. The molecule has 1 atom stereocenters. The third-order valence-electron chi connectivity index (χ3n) is 4.67. The topological polar surface area (TPSA) is 38.8 Å². The molecule has 0 aliphatic carbocycles. The molecule has 0 fully saturated rings. The summed E-state index contributed by atoms with van der Waals surface area (Å²) in [6.07, 6.45) is 0.647. The van der Waals surface area contributed by atoms with Crippen molar-refractivity contribution < 1.29 is 14.3 Å². The maximum Gasteiger partial charge on any atom is 0.183 e. The van der Waals surface area contributed by atoms with Crippen LogP contribution < -0.4 is 9.47 Å². The number of hydrogen-bond donors (Lipinski definition) is 0. The van der Waals surface area contributed by atoms with Gasteiger partial charge in [0.1, 0.15) is 13.2 Å². The van der Waals surface area contributed by atoms with Gasteiger partial charge in [0.2, 0.25) is 0 Å². The lowest BCUT2D eigenvalue weighted by molar-refractivity contribution is 0.0718. The molecule has 0 amide bonds. The van der Waals surface area contributed by atoms with Crippen molar-refractivity contribution in [3.8, 4) is 11.5 Å². The first kappa shape index (κ1) is 16.5. The van der Waals surface area contributed by atoms with E-state index in [-0.39, 0.29) is 5.78 Å². The van der Waals surface area contributed by atoms with Crippen LogP contribution in [0.2, 0.25) is 0 Å². The molecule has 0 saturated heterocycles. The summed E-state index contributed by atoms with van der Waals surface area (Å²) >= 11 is 0. The van der Waals surface area contributed by atoms with Crippen LogP contribution in [0.1, 0.15) is 22.8 Å². The Labute approximate surface area is 143 Å². The zero-order valence-corrected chi connectivity index (χ0v) is 14.4. The van der Waals surface area contributed by atoms with Crippen LogP contribution in [0.5, 0.6) is 11.5 Å². The molecule has 3 rings (SSSR count). The molecule has 24 heavy (non-hydrogen) atoms.